The van der Waals surface area contributed by atoms with Gasteiger partial charge in [-0.3, -0.25) is 0 Å². The SMILES string of the molecule is CCNCc1cccc(OCCN(C)C2CC2)c1. The van der Waals surface area contributed by atoms with Crippen LogP contribution in [0.15, 0.2) is 24.3 Å². The number of nitrogens with one attached hydrogen (secondary N) is 1. The number of benzene rings is 1. The number of likely N-dealkylation sites (N-methyl/N-ethyl adjacent to an activating group) is 1. The smallest absolute Gasteiger partial charge is 0.119 e. The van der Waals surface area contributed by atoms with E-state index in [0.717, 1.165) is 38.0 Å². The van der Waals surface area contributed by atoms with Crippen molar-refractivity contribution < 1.29 is 4.74 Å². The first-order chi connectivity index (χ1) is 8.79. The van der Waals surface area contributed by atoms with Crippen molar-refractivity contribution in [2.24, 2.45) is 0 Å². The predicted molar refractivity (Wildman–Crippen MR) is 75.0 cm³/mol. The molecule has 0 spiro atoms. The Kier molecular flexibility index (Phi) is 5.02. The van der Waals surface area contributed by atoms with E-state index in [0.29, 0.717) is 0 Å². The van der Waals surface area contributed by atoms with Crippen molar-refractivity contribution in [3.05, 3.63) is 29.8 Å². The van der Waals surface area contributed by atoms with Crippen LogP contribution < -0.4 is 10.1 Å². The van der Waals surface area contributed by atoms with Gasteiger partial charge < -0.3 is 15.0 Å². The maximum Gasteiger partial charge on any atom is 0.119 e. The summed E-state index contributed by atoms with van der Waals surface area (Å²) in [6.45, 7) is 5.82. The van der Waals surface area contributed by atoms with Crippen molar-refractivity contribution in [2.45, 2.75) is 32.4 Å². The highest BCUT2D eigenvalue weighted by molar-refractivity contribution is 5.28. The predicted octanol–water partition coefficient (Wildman–Crippen LogP) is 2.27. The Labute approximate surface area is 110 Å². The first-order valence-electron chi connectivity index (χ1n) is 6.92. The minimum absolute atomic E-state index is 0.775. The maximum atomic E-state index is 5.81. The third-order valence-corrected chi connectivity index (χ3v) is 3.36. The minimum atomic E-state index is 0.775. The van der Waals surface area contributed by atoms with Gasteiger partial charge in [0.1, 0.15) is 12.4 Å². The molecule has 0 radical (unpaired) electrons. The second-order valence-corrected chi connectivity index (χ2v) is 4.99. The first kappa shape index (κ1) is 13.4. The molecule has 1 N–H and O–H groups in total. The molecule has 0 saturated heterocycles. The lowest BCUT2D eigenvalue weighted by molar-refractivity contribution is 0.232. The Morgan fingerprint density at radius 2 is 2.22 bits per heavy atom. The standard InChI is InChI=1S/C15H24N2O/c1-3-16-12-13-5-4-6-15(11-13)18-10-9-17(2)14-7-8-14/h4-6,11,14,16H,3,7-10,12H2,1-2H3. The fourth-order valence-electron chi connectivity index (χ4n) is 2.02. The topological polar surface area (TPSA) is 24.5 Å². The Balaban J connectivity index is 1.73. The van der Waals surface area contributed by atoms with E-state index in [-0.39, 0.29) is 0 Å². The van der Waals surface area contributed by atoms with E-state index in [9.17, 15) is 0 Å². The minimum Gasteiger partial charge on any atom is -0.492 e. The van der Waals surface area contributed by atoms with Crippen LogP contribution in [0.4, 0.5) is 0 Å². The molecule has 1 fully saturated rings. The third-order valence-electron chi connectivity index (χ3n) is 3.36. The zero-order valence-electron chi connectivity index (χ0n) is 11.5. The number of rotatable bonds is 8. The summed E-state index contributed by atoms with van der Waals surface area (Å²) in [6.07, 6.45) is 2.71. The van der Waals surface area contributed by atoms with Crippen molar-refractivity contribution in [1.82, 2.24) is 10.2 Å². The van der Waals surface area contributed by atoms with Crippen LogP contribution in [0.25, 0.3) is 0 Å². The second-order valence-electron chi connectivity index (χ2n) is 4.99. The van der Waals surface area contributed by atoms with Crippen LogP contribution in [-0.2, 0) is 6.54 Å². The summed E-state index contributed by atoms with van der Waals surface area (Å²) in [5, 5.41) is 3.33. The average Bonchev–Trinajstić information content (AvgIpc) is 3.21. The number of hydrogen-bond acceptors (Lipinski definition) is 3. The lowest BCUT2D eigenvalue weighted by Crippen LogP contribution is -2.26. The van der Waals surface area contributed by atoms with Gasteiger partial charge in [-0.2, -0.15) is 0 Å². The molecular formula is C15H24N2O. The van der Waals surface area contributed by atoms with E-state index in [4.69, 9.17) is 4.74 Å². The van der Waals surface area contributed by atoms with Gasteiger partial charge in [-0.1, -0.05) is 19.1 Å². The van der Waals surface area contributed by atoms with Crippen molar-refractivity contribution in [3.8, 4) is 5.75 Å². The molecule has 1 aromatic rings. The molecule has 0 amide bonds. The van der Waals surface area contributed by atoms with Gasteiger partial charge in [0, 0.05) is 19.1 Å². The van der Waals surface area contributed by atoms with Crippen LogP contribution in [0, 0.1) is 0 Å². The van der Waals surface area contributed by atoms with E-state index >= 15 is 0 Å². The zero-order valence-corrected chi connectivity index (χ0v) is 11.5. The van der Waals surface area contributed by atoms with E-state index < -0.39 is 0 Å². The summed E-state index contributed by atoms with van der Waals surface area (Å²) in [7, 11) is 2.18. The molecule has 0 unspecified atom stereocenters. The van der Waals surface area contributed by atoms with Gasteiger partial charge in [0.05, 0.1) is 0 Å². The molecule has 1 saturated carbocycles. The highest BCUT2D eigenvalue weighted by atomic mass is 16.5. The van der Waals surface area contributed by atoms with Crippen molar-refractivity contribution in [2.75, 3.05) is 26.7 Å². The van der Waals surface area contributed by atoms with Crippen molar-refractivity contribution in [3.63, 3.8) is 0 Å². The molecule has 0 atom stereocenters. The average molecular weight is 248 g/mol. The molecule has 0 heterocycles. The van der Waals surface area contributed by atoms with Gasteiger partial charge in [0.2, 0.25) is 0 Å². The molecule has 3 heteroatoms. The van der Waals surface area contributed by atoms with Gasteiger partial charge in [-0.15, -0.1) is 0 Å². The third kappa shape index (κ3) is 4.31. The van der Waals surface area contributed by atoms with E-state index in [1.165, 1.54) is 18.4 Å². The molecular weight excluding hydrogens is 224 g/mol. The van der Waals surface area contributed by atoms with Crippen LogP contribution in [0.5, 0.6) is 5.75 Å². The maximum absolute atomic E-state index is 5.81. The molecule has 0 aliphatic heterocycles. The molecule has 1 aliphatic rings. The summed E-state index contributed by atoms with van der Waals surface area (Å²) < 4.78 is 5.81. The van der Waals surface area contributed by atoms with E-state index in [2.05, 4.69) is 42.4 Å². The second kappa shape index (κ2) is 6.76. The number of hydrogen-bond donors (Lipinski definition) is 1. The van der Waals surface area contributed by atoms with Crippen LogP contribution in [0.3, 0.4) is 0 Å². The van der Waals surface area contributed by atoms with Gasteiger partial charge in [0.15, 0.2) is 0 Å². The summed E-state index contributed by atoms with van der Waals surface area (Å²) in [4.78, 5) is 2.39. The molecule has 0 bridgehead atoms. The molecule has 3 nitrogen and oxygen atoms in total. The highest BCUT2D eigenvalue weighted by Crippen LogP contribution is 2.24. The largest absolute Gasteiger partial charge is 0.492 e. The summed E-state index contributed by atoms with van der Waals surface area (Å²) in [6, 6.07) is 9.17. The quantitative estimate of drug-likeness (QED) is 0.764. The lowest BCUT2D eigenvalue weighted by Gasteiger charge is -2.16. The molecule has 1 aromatic carbocycles. The summed E-state index contributed by atoms with van der Waals surface area (Å²) >= 11 is 0. The molecule has 18 heavy (non-hydrogen) atoms. The molecule has 2 rings (SSSR count). The summed E-state index contributed by atoms with van der Waals surface area (Å²) in [5.74, 6) is 0.981. The fourth-order valence-corrected chi connectivity index (χ4v) is 2.02. The number of nitrogens with zero attached hydrogens (tertiary/aromatic N) is 1. The Bertz CT molecular complexity index is 363. The Morgan fingerprint density at radius 3 is 2.94 bits per heavy atom. The monoisotopic (exact) mass is 248 g/mol. The van der Waals surface area contributed by atoms with E-state index in [1.54, 1.807) is 0 Å². The van der Waals surface area contributed by atoms with Crippen LogP contribution in [0.2, 0.25) is 0 Å². The molecule has 1 aliphatic carbocycles. The summed E-state index contributed by atoms with van der Waals surface area (Å²) in [5.41, 5.74) is 1.28. The van der Waals surface area contributed by atoms with Gasteiger partial charge in [-0.05, 0) is 44.1 Å². The first-order valence-corrected chi connectivity index (χ1v) is 6.92. The van der Waals surface area contributed by atoms with Gasteiger partial charge in [-0.25, -0.2) is 0 Å². The van der Waals surface area contributed by atoms with Crippen LogP contribution in [-0.4, -0.2) is 37.7 Å². The lowest BCUT2D eigenvalue weighted by atomic mass is 10.2. The Morgan fingerprint density at radius 1 is 1.39 bits per heavy atom. The van der Waals surface area contributed by atoms with E-state index in [1.807, 2.05) is 6.07 Å². The van der Waals surface area contributed by atoms with Crippen LogP contribution in [0.1, 0.15) is 25.3 Å². The molecule has 100 valence electrons. The number of ether oxygens (including phenoxy) is 1. The zero-order chi connectivity index (χ0) is 12.8. The van der Waals surface area contributed by atoms with Gasteiger partial charge in [0.25, 0.3) is 0 Å². The highest BCUT2D eigenvalue weighted by Gasteiger charge is 2.25. The van der Waals surface area contributed by atoms with Crippen molar-refractivity contribution in [1.29, 1.82) is 0 Å². The van der Waals surface area contributed by atoms with Crippen LogP contribution >= 0.6 is 0 Å². The van der Waals surface area contributed by atoms with Gasteiger partial charge >= 0.3 is 0 Å². The normalized spacial score (nSPS) is 15.1. The fraction of sp³-hybridized carbons (Fsp3) is 0.600. The molecule has 0 aromatic heterocycles. The Hall–Kier alpha value is -1.06. The van der Waals surface area contributed by atoms with Crippen molar-refractivity contribution >= 4 is 0 Å².